The number of carbonyl (C=O) groups is 1. The van der Waals surface area contributed by atoms with Crippen LogP contribution in [0.1, 0.15) is 12.8 Å². The van der Waals surface area contributed by atoms with Crippen LogP contribution in [0.15, 0.2) is 53.4 Å². The first-order valence-electron chi connectivity index (χ1n) is 9.22. The van der Waals surface area contributed by atoms with Crippen molar-refractivity contribution in [2.24, 2.45) is 0 Å². The first-order valence-corrected chi connectivity index (χ1v) is 11.4. The second-order valence-corrected chi connectivity index (χ2v) is 9.34. The van der Waals surface area contributed by atoms with Crippen molar-refractivity contribution in [1.29, 1.82) is 0 Å². The molecule has 0 saturated heterocycles. The molecule has 1 heterocycles. The topological polar surface area (TPSA) is 36.4 Å². The van der Waals surface area contributed by atoms with Gasteiger partial charge in [-0.1, -0.05) is 41.1 Å². The van der Waals surface area contributed by atoms with E-state index in [1.165, 1.54) is 16.2 Å². The number of thioether (sulfide) groups is 1. The lowest BCUT2D eigenvalue weighted by molar-refractivity contribution is -0.118. The number of anilines is 1. The van der Waals surface area contributed by atoms with E-state index < -0.39 is 0 Å². The van der Waals surface area contributed by atoms with Gasteiger partial charge in [-0.3, -0.25) is 9.69 Å². The monoisotopic (exact) mass is 433 g/mol. The third-order valence-corrected chi connectivity index (χ3v) is 6.48. The summed E-state index contributed by atoms with van der Waals surface area (Å²) < 4.78 is 1.01. The summed E-state index contributed by atoms with van der Waals surface area (Å²) >= 11 is 9.34. The van der Waals surface area contributed by atoms with Crippen molar-refractivity contribution < 1.29 is 4.79 Å². The predicted molar refractivity (Wildman–Crippen MR) is 122 cm³/mol. The molecule has 4 nitrogen and oxygen atoms in total. The van der Waals surface area contributed by atoms with Crippen molar-refractivity contribution in [3.05, 3.63) is 53.6 Å². The standard InChI is InChI=1S/C21H24ClN3OS2/c1-24(2)12-6-13-25(20(26)11-14-27-17-7-4-3-5-8-17)21-23-18-10-9-16(22)15-19(18)28-21/h3-5,7-10,15H,6,11-14H2,1-2H3. The van der Waals surface area contributed by atoms with Crippen LogP contribution in [0.2, 0.25) is 5.02 Å². The number of aromatic nitrogens is 1. The molecule has 7 heteroatoms. The summed E-state index contributed by atoms with van der Waals surface area (Å²) in [6, 6.07) is 15.8. The fraction of sp³-hybridized carbons (Fsp3) is 0.333. The van der Waals surface area contributed by atoms with Gasteiger partial charge in [0.05, 0.1) is 10.2 Å². The Hall–Kier alpha value is -1.60. The van der Waals surface area contributed by atoms with Gasteiger partial charge >= 0.3 is 0 Å². The highest BCUT2D eigenvalue weighted by atomic mass is 35.5. The number of hydrogen-bond donors (Lipinski definition) is 0. The van der Waals surface area contributed by atoms with Gasteiger partial charge in [-0.2, -0.15) is 0 Å². The van der Waals surface area contributed by atoms with Crippen LogP contribution >= 0.6 is 34.7 Å². The molecular weight excluding hydrogens is 410 g/mol. The Balaban J connectivity index is 1.70. The molecule has 3 rings (SSSR count). The van der Waals surface area contributed by atoms with E-state index in [9.17, 15) is 4.79 Å². The molecule has 0 atom stereocenters. The molecule has 28 heavy (non-hydrogen) atoms. The van der Waals surface area contributed by atoms with Crippen molar-refractivity contribution in [3.63, 3.8) is 0 Å². The van der Waals surface area contributed by atoms with E-state index in [4.69, 9.17) is 11.6 Å². The Morgan fingerprint density at radius 2 is 1.93 bits per heavy atom. The van der Waals surface area contributed by atoms with Crippen molar-refractivity contribution in [1.82, 2.24) is 9.88 Å². The van der Waals surface area contributed by atoms with Gasteiger partial charge in [0.2, 0.25) is 5.91 Å². The number of halogens is 1. The normalized spacial score (nSPS) is 11.3. The average Bonchev–Trinajstić information content (AvgIpc) is 3.08. The highest BCUT2D eigenvalue weighted by molar-refractivity contribution is 7.99. The summed E-state index contributed by atoms with van der Waals surface area (Å²) in [5.41, 5.74) is 0.883. The first kappa shape index (κ1) is 21.1. The molecule has 148 valence electrons. The van der Waals surface area contributed by atoms with Gasteiger partial charge in [0.15, 0.2) is 5.13 Å². The molecule has 0 bridgehead atoms. The van der Waals surface area contributed by atoms with Crippen LogP contribution in [0.4, 0.5) is 5.13 Å². The van der Waals surface area contributed by atoms with Crippen molar-refractivity contribution in [3.8, 4) is 0 Å². The fourth-order valence-electron chi connectivity index (χ4n) is 2.78. The first-order chi connectivity index (χ1) is 13.5. The van der Waals surface area contributed by atoms with Crippen LogP contribution in [0, 0.1) is 0 Å². The number of fused-ring (bicyclic) bond motifs is 1. The smallest absolute Gasteiger partial charge is 0.229 e. The van der Waals surface area contributed by atoms with Crippen LogP contribution in [0.5, 0.6) is 0 Å². The van der Waals surface area contributed by atoms with Crippen LogP contribution in [0.3, 0.4) is 0 Å². The van der Waals surface area contributed by atoms with E-state index >= 15 is 0 Å². The van der Waals surface area contributed by atoms with Gasteiger partial charge < -0.3 is 4.90 Å². The SMILES string of the molecule is CN(C)CCCN(C(=O)CCSc1ccccc1)c1nc2ccc(Cl)cc2s1. The minimum absolute atomic E-state index is 0.118. The number of rotatable bonds is 9. The van der Waals surface area contributed by atoms with Crippen molar-refractivity contribution >= 4 is 56.0 Å². The average molecular weight is 434 g/mol. The summed E-state index contributed by atoms with van der Waals surface area (Å²) in [6.45, 7) is 1.60. The molecule has 0 unspecified atom stereocenters. The van der Waals surface area contributed by atoms with Crippen LogP contribution in [0.25, 0.3) is 10.2 Å². The maximum absolute atomic E-state index is 13.0. The summed E-state index contributed by atoms with van der Waals surface area (Å²) in [5, 5.41) is 1.44. The Morgan fingerprint density at radius 3 is 2.68 bits per heavy atom. The highest BCUT2D eigenvalue weighted by Gasteiger charge is 2.19. The maximum atomic E-state index is 13.0. The molecule has 3 aromatic rings. The van der Waals surface area contributed by atoms with E-state index in [-0.39, 0.29) is 5.91 Å². The zero-order chi connectivity index (χ0) is 19.9. The lowest BCUT2D eigenvalue weighted by Gasteiger charge is -2.21. The summed E-state index contributed by atoms with van der Waals surface area (Å²) in [7, 11) is 4.09. The third-order valence-electron chi connectivity index (χ3n) is 4.19. The molecule has 0 spiro atoms. The molecule has 1 amide bonds. The van der Waals surface area contributed by atoms with Gasteiger partial charge in [-0.05, 0) is 57.4 Å². The number of hydrogen-bond acceptors (Lipinski definition) is 5. The van der Waals surface area contributed by atoms with Crippen molar-refractivity contribution in [2.45, 2.75) is 17.7 Å². The molecule has 2 aromatic carbocycles. The Bertz CT molecular complexity index is 914. The van der Waals surface area contributed by atoms with Crippen LogP contribution in [-0.4, -0.2) is 48.7 Å². The lowest BCUT2D eigenvalue weighted by Crippen LogP contribution is -2.33. The molecule has 0 aliphatic rings. The van der Waals surface area contributed by atoms with Gasteiger partial charge in [0.25, 0.3) is 0 Å². The van der Waals surface area contributed by atoms with Gasteiger partial charge in [0, 0.05) is 28.6 Å². The molecule has 0 aliphatic heterocycles. The summed E-state index contributed by atoms with van der Waals surface area (Å²) in [6.07, 6.45) is 1.39. The predicted octanol–water partition coefficient (Wildman–Crippen LogP) is 5.42. The van der Waals surface area contributed by atoms with Crippen LogP contribution in [-0.2, 0) is 4.79 Å². The number of thiazole rings is 1. The molecular formula is C21H24ClN3OS2. The Morgan fingerprint density at radius 1 is 1.14 bits per heavy atom. The molecule has 0 radical (unpaired) electrons. The second kappa shape index (κ2) is 10.3. The summed E-state index contributed by atoms with van der Waals surface area (Å²) in [4.78, 5) is 22.8. The minimum atomic E-state index is 0.118. The Kier molecular flexibility index (Phi) is 7.73. The molecule has 0 aliphatic carbocycles. The lowest BCUT2D eigenvalue weighted by atomic mass is 10.3. The zero-order valence-electron chi connectivity index (χ0n) is 16.1. The van der Waals surface area contributed by atoms with Gasteiger partial charge in [0.1, 0.15) is 0 Å². The second-order valence-electron chi connectivity index (χ2n) is 6.72. The van der Waals surface area contributed by atoms with E-state index in [0.717, 1.165) is 34.1 Å². The summed E-state index contributed by atoms with van der Waals surface area (Å²) in [5.74, 6) is 0.872. The van der Waals surface area contributed by atoms with E-state index in [2.05, 4.69) is 22.0 Å². The minimum Gasteiger partial charge on any atom is -0.309 e. The molecule has 0 N–H and O–H groups in total. The maximum Gasteiger partial charge on any atom is 0.229 e. The van der Waals surface area contributed by atoms with Crippen LogP contribution < -0.4 is 4.90 Å². The quantitative estimate of drug-likeness (QED) is 0.422. The number of benzene rings is 2. The number of amides is 1. The number of carbonyl (C=O) groups excluding carboxylic acids is 1. The van der Waals surface area contributed by atoms with E-state index in [0.29, 0.717) is 18.0 Å². The largest absolute Gasteiger partial charge is 0.309 e. The van der Waals surface area contributed by atoms with E-state index in [1.54, 1.807) is 11.8 Å². The fourth-order valence-corrected chi connectivity index (χ4v) is 4.93. The highest BCUT2D eigenvalue weighted by Crippen LogP contribution is 2.31. The molecule has 0 saturated carbocycles. The Labute approximate surface area is 179 Å². The molecule has 0 fully saturated rings. The zero-order valence-corrected chi connectivity index (χ0v) is 18.5. The van der Waals surface area contributed by atoms with E-state index in [1.807, 2.05) is 55.4 Å². The molecule has 1 aromatic heterocycles. The van der Waals surface area contributed by atoms with Gasteiger partial charge in [-0.25, -0.2) is 4.98 Å². The van der Waals surface area contributed by atoms with Crippen molar-refractivity contribution in [2.75, 3.05) is 37.8 Å². The number of nitrogens with zero attached hydrogens (tertiary/aromatic N) is 3. The van der Waals surface area contributed by atoms with Gasteiger partial charge in [-0.15, -0.1) is 11.8 Å². The third kappa shape index (κ3) is 5.95.